The summed E-state index contributed by atoms with van der Waals surface area (Å²) in [6.07, 6.45) is 5.11. The molecule has 1 aliphatic rings. The quantitative estimate of drug-likeness (QED) is 0.837. The fourth-order valence-corrected chi connectivity index (χ4v) is 2.45. The van der Waals surface area contributed by atoms with Crippen LogP contribution in [0, 0.1) is 5.92 Å². The minimum Gasteiger partial charge on any atom is -0.273 e. The lowest BCUT2D eigenvalue weighted by atomic mass is 10.0. The summed E-state index contributed by atoms with van der Waals surface area (Å²) in [6.45, 7) is 0. The van der Waals surface area contributed by atoms with Crippen molar-refractivity contribution < 1.29 is 9.59 Å². The molecular formula is C14H17ClN2O2. The van der Waals surface area contributed by atoms with E-state index < -0.39 is 0 Å². The number of nitrogens with one attached hydrogen (secondary N) is 2. The summed E-state index contributed by atoms with van der Waals surface area (Å²) in [6, 6.07) is 6.50. The summed E-state index contributed by atoms with van der Waals surface area (Å²) in [5.41, 5.74) is 5.33. The van der Waals surface area contributed by atoms with Crippen LogP contribution < -0.4 is 10.9 Å². The van der Waals surface area contributed by atoms with E-state index in [2.05, 4.69) is 10.9 Å². The molecule has 1 saturated carbocycles. The molecule has 19 heavy (non-hydrogen) atoms. The standard InChI is InChI=1S/C14H17ClN2O2/c15-12-7-5-11(6-8-12)14(19)17-16-13(18)9-10-3-1-2-4-10/h5-8,10H,1-4,9H2,(H,16,18)(H,17,19). The lowest BCUT2D eigenvalue weighted by molar-refractivity contribution is -0.122. The second kappa shape index (κ2) is 6.57. The van der Waals surface area contributed by atoms with E-state index in [-0.39, 0.29) is 11.8 Å². The van der Waals surface area contributed by atoms with Gasteiger partial charge in [0.05, 0.1) is 0 Å². The summed E-state index contributed by atoms with van der Waals surface area (Å²) < 4.78 is 0. The van der Waals surface area contributed by atoms with Gasteiger partial charge in [0.2, 0.25) is 5.91 Å². The molecule has 102 valence electrons. The van der Waals surface area contributed by atoms with E-state index in [9.17, 15) is 9.59 Å². The van der Waals surface area contributed by atoms with Crippen LogP contribution in [0.1, 0.15) is 42.5 Å². The Morgan fingerprint density at radius 3 is 2.37 bits per heavy atom. The topological polar surface area (TPSA) is 58.2 Å². The molecule has 4 nitrogen and oxygen atoms in total. The van der Waals surface area contributed by atoms with Gasteiger partial charge in [-0.3, -0.25) is 20.4 Å². The Kier molecular flexibility index (Phi) is 4.80. The van der Waals surface area contributed by atoms with Crippen LogP contribution >= 0.6 is 11.6 Å². The van der Waals surface area contributed by atoms with Crippen LogP contribution in [0.15, 0.2) is 24.3 Å². The second-order valence-electron chi connectivity index (χ2n) is 4.86. The Morgan fingerprint density at radius 2 is 1.74 bits per heavy atom. The fraction of sp³-hybridized carbons (Fsp3) is 0.429. The summed E-state index contributed by atoms with van der Waals surface area (Å²) in [5, 5.41) is 0.571. The molecule has 0 saturated heterocycles. The van der Waals surface area contributed by atoms with Crippen molar-refractivity contribution >= 4 is 23.4 Å². The van der Waals surface area contributed by atoms with Gasteiger partial charge in [0.25, 0.3) is 5.91 Å². The number of hydrogen-bond acceptors (Lipinski definition) is 2. The van der Waals surface area contributed by atoms with Gasteiger partial charge in [-0.1, -0.05) is 24.4 Å². The van der Waals surface area contributed by atoms with Crippen LogP contribution in [-0.2, 0) is 4.79 Å². The van der Waals surface area contributed by atoms with Gasteiger partial charge in [0.1, 0.15) is 0 Å². The number of halogens is 1. The van der Waals surface area contributed by atoms with Crippen molar-refractivity contribution in [2.75, 3.05) is 0 Å². The van der Waals surface area contributed by atoms with Crippen molar-refractivity contribution in [2.24, 2.45) is 5.92 Å². The van der Waals surface area contributed by atoms with Crippen LogP contribution in [-0.4, -0.2) is 11.8 Å². The molecule has 5 heteroatoms. The first kappa shape index (κ1) is 13.9. The van der Waals surface area contributed by atoms with Gasteiger partial charge in [-0.25, -0.2) is 0 Å². The Bertz CT molecular complexity index is 453. The van der Waals surface area contributed by atoms with Crippen molar-refractivity contribution in [3.05, 3.63) is 34.9 Å². The first-order chi connectivity index (χ1) is 9.15. The summed E-state index contributed by atoms with van der Waals surface area (Å²) in [5.74, 6) is -0.00177. The fourth-order valence-electron chi connectivity index (χ4n) is 2.33. The predicted octanol–water partition coefficient (Wildman–Crippen LogP) is 2.68. The number of rotatable bonds is 3. The average Bonchev–Trinajstić information content (AvgIpc) is 2.89. The molecule has 1 aliphatic carbocycles. The lowest BCUT2D eigenvalue weighted by Crippen LogP contribution is -2.42. The zero-order valence-corrected chi connectivity index (χ0v) is 11.4. The number of carbonyl (C=O) groups is 2. The van der Waals surface area contributed by atoms with Crippen LogP contribution in [0.3, 0.4) is 0 Å². The number of benzene rings is 1. The molecule has 1 aromatic rings. The van der Waals surface area contributed by atoms with E-state index in [1.165, 1.54) is 12.8 Å². The third-order valence-electron chi connectivity index (χ3n) is 3.37. The van der Waals surface area contributed by atoms with Crippen LogP contribution in [0.5, 0.6) is 0 Å². The van der Waals surface area contributed by atoms with Crippen molar-refractivity contribution in [3.63, 3.8) is 0 Å². The van der Waals surface area contributed by atoms with Gasteiger partial charge in [-0.15, -0.1) is 0 Å². The highest BCUT2D eigenvalue weighted by Gasteiger charge is 2.18. The van der Waals surface area contributed by atoms with Gasteiger partial charge >= 0.3 is 0 Å². The van der Waals surface area contributed by atoms with Crippen LogP contribution in [0.2, 0.25) is 5.02 Å². The molecule has 0 aromatic heterocycles. The Hall–Kier alpha value is -1.55. The predicted molar refractivity (Wildman–Crippen MR) is 73.6 cm³/mol. The van der Waals surface area contributed by atoms with E-state index in [1.54, 1.807) is 24.3 Å². The highest BCUT2D eigenvalue weighted by atomic mass is 35.5. The first-order valence-corrected chi connectivity index (χ1v) is 6.87. The summed E-state index contributed by atoms with van der Waals surface area (Å²) in [4.78, 5) is 23.4. The van der Waals surface area contributed by atoms with Crippen LogP contribution in [0.25, 0.3) is 0 Å². The molecule has 0 spiro atoms. The monoisotopic (exact) mass is 280 g/mol. The highest BCUT2D eigenvalue weighted by molar-refractivity contribution is 6.30. The van der Waals surface area contributed by atoms with Gasteiger partial charge < -0.3 is 0 Å². The molecule has 1 aromatic carbocycles. The van der Waals surface area contributed by atoms with Crippen LogP contribution in [0.4, 0.5) is 0 Å². The highest BCUT2D eigenvalue weighted by Crippen LogP contribution is 2.27. The Balaban J connectivity index is 1.76. The smallest absolute Gasteiger partial charge is 0.269 e. The molecule has 0 atom stereocenters. The zero-order valence-electron chi connectivity index (χ0n) is 10.6. The van der Waals surface area contributed by atoms with Gasteiger partial charge in [0, 0.05) is 17.0 Å². The largest absolute Gasteiger partial charge is 0.273 e. The average molecular weight is 281 g/mol. The van der Waals surface area contributed by atoms with Gasteiger partial charge in [0.15, 0.2) is 0 Å². The SMILES string of the molecule is O=C(CC1CCCC1)NNC(=O)c1ccc(Cl)cc1. The summed E-state index contributed by atoms with van der Waals surface area (Å²) >= 11 is 5.74. The van der Waals surface area contributed by atoms with E-state index in [0.29, 0.717) is 22.9 Å². The second-order valence-corrected chi connectivity index (χ2v) is 5.30. The molecule has 0 unspecified atom stereocenters. The molecule has 0 radical (unpaired) electrons. The lowest BCUT2D eigenvalue weighted by Gasteiger charge is -2.10. The van der Waals surface area contributed by atoms with Crippen molar-refractivity contribution in [3.8, 4) is 0 Å². The number of amides is 2. The molecule has 1 fully saturated rings. The zero-order chi connectivity index (χ0) is 13.7. The number of hydrogen-bond donors (Lipinski definition) is 2. The third-order valence-corrected chi connectivity index (χ3v) is 3.62. The van der Waals surface area contributed by atoms with Crippen molar-refractivity contribution in [2.45, 2.75) is 32.1 Å². The summed E-state index contributed by atoms with van der Waals surface area (Å²) in [7, 11) is 0. The molecule has 0 aliphatic heterocycles. The normalized spacial score (nSPS) is 15.2. The molecule has 0 bridgehead atoms. The van der Waals surface area contributed by atoms with E-state index in [1.807, 2.05) is 0 Å². The molecule has 0 heterocycles. The Labute approximate surface area is 117 Å². The maximum atomic E-state index is 11.7. The maximum absolute atomic E-state index is 11.7. The van der Waals surface area contributed by atoms with E-state index in [4.69, 9.17) is 11.6 Å². The van der Waals surface area contributed by atoms with Crippen molar-refractivity contribution in [1.29, 1.82) is 0 Å². The van der Waals surface area contributed by atoms with E-state index >= 15 is 0 Å². The molecule has 2 amide bonds. The molecule has 2 N–H and O–H groups in total. The minimum absolute atomic E-state index is 0.130. The maximum Gasteiger partial charge on any atom is 0.269 e. The van der Waals surface area contributed by atoms with Crippen molar-refractivity contribution in [1.82, 2.24) is 10.9 Å². The van der Waals surface area contributed by atoms with Gasteiger partial charge in [-0.05, 0) is 43.0 Å². The minimum atomic E-state index is -0.337. The van der Waals surface area contributed by atoms with E-state index in [0.717, 1.165) is 12.8 Å². The molecular weight excluding hydrogens is 264 g/mol. The number of hydrazine groups is 1. The Morgan fingerprint density at radius 1 is 1.11 bits per heavy atom. The van der Waals surface area contributed by atoms with Gasteiger partial charge in [-0.2, -0.15) is 0 Å². The third kappa shape index (κ3) is 4.24. The number of carbonyl (C=O) groups excluding carboxylic acids is 2. The first-order valence-electron chi connectivity index (χ1n) is 6.50. The molecule has 2 rings (SSSR count).